The highest BCUT2D eigenvalue weighted by Crippen LogP contribution is 2.23. The van der Waals surface area contributed by atoms with Gasteiger partial charge in [0.15, 0.2) is 0 Å². The lowest BCUT2D eigenvalue weighted by molar-refractivity contribution is 1.18. The molecule has 17 heavy (non-hydrogen) atoms. The minimum Gasteiger partial charge on any atom is -0.380 e. The number of nitrogens with zero attached hydrogens (tertiary/aromatic N) is 1. The van der Waals surface area contributed by atoms with Crippen molar-refractivity contribution in [3.05, 3.63) is 50.6 Å². The molecule has 1 heterocycles. The zero-order chi connectivity index (χ0) is 12.1. The summed E-state index contributed by atoms with van der Waals surface area (Å²) in [6.45, 7) is 0.827. The van der Waals surface area contributed by atoms with Gasteiger partial charge in [0.25, 0.3) is 0 Å². The van der Waals surface area contributed by atoms with Gasteiger partial charge >= 0.3 is 0 Å². The predicted molar refractivity (Wildman–Crippen MR) is 75.1 cm³/mol. The molecular weight excluding hydrogens is 296 g/mol. The number of benzene rings is 1. The van der Waals surface area contributed by atoms with E-state index in [0.717, 1.165) is 21.6 Å². The molecule has 0 bridgehead atoms. The normalized spacial score (nSPS) is 9.88. The third-order valence-electron chi connectivity index (χ3n) is 2.33. The van der Waals surface area contributed by atoms with Crippen LogP contribution >= 0.6 is 27.3 Å². The molecule has 0 saturated carbocycles. The zero-order valence-corrected chi connectivity index (χ0v) is 11.5. The summed E-state index contributed by atoms with van der Waals surface area (Å²) in [7, 11) is 0. The van der Waals surface area contributed by atoms with Crippen LogP contribution in [0.15, 0.2) is 40.2 Å². The monoisotopic (exact) mass is 306 g/mol. The van der Waals surface area contributed by atoms with Crippen LogP contribution in [-0.4, -0.2) is 0 Å². The molecule has 0 aliphatic rings. The Hall–Kier alpha value is -1.31. The molecule has 2 nitrogen and oxygen atoms in total. The highest BCUT2D eigenvalue weighted by Gasteiger charge is 1.98. The fraction of sp³-hybridized carbons (Fsp3) is 0.154. The SMILES string of the molecule is N#CCc1ccc(NCc2ccc(Br)s2)cc1. The van der Waals surface area contributed by atoms with E-state index in [1.807, 2.05) is 24.3 Å². The average Bonchev–Trinajstić information content (AvgIpc) is 2.75. The van der Waals surface area contributed by atoms with Gasteiger partial charge in [-0.15, -0.1) is 11.3 Å². The van der Waals surface area contributed by atoms with E-state index in [0.29, 0.717) is 6.42 Å². The summed E-state index contributed by atoms with van der Waals surface area (Å²) >= 11 is 5.17. The number of hydrogen-bond donors (Lipinski definition) is 1. The van der Waals surface area contributed by atoms with E-state index >= 15 is 0 Å². The zero-order valence-electron chi connectivity index (χ0n) is 9.11. The maximum absolute atomic E-state index is 8.57. The van der Waals surface area contributed by atoms with E-state index in [1.54, 1.807) is 11.3 Å². The Bertz CT molecular complexity index is 525. The van der Waals surface area contributed by atoms with Crippen LogP contribution < -0.4 is 5.32 Å². The van der Waals surface area contributed by atoms with Crippen LogP contribution in [-0.2, 0) is 13.0 Å². The largest absolute Gasteiger partial charge is 0.380 e. The molecule has 0 saturated heterocycles. The number of nitriles is 1. The standard InChI is InChI=1S/C13H11BrN2S/c14-13-6-5-12(17-13)9-16-11-3-1-10(2-4-11)7-8-15/h1-6,16H,7,9H2. The van der Waals surface area contributed by atoms with Crippen molar-refractivity contribution in [2.24, 2.45) is 0 Å². The highest BCUT2D eigenvalue weighted by atomic mass is 79.9. The first-order chi connectivity index (χ1) is 8.28. The molecular formula is C13H11BrN2S. The minimum atomic E-state index is 0.470. The molecule has 0 aliphatic carbocycles. The number of halogens is 1. The second kappa shape index (κ2) is 5.85. The molecule has 0 radical (unpaired) electrons. The smallest absolute Gasteiger partial charge is 0.0702 e. The molecule has 0 unspecified atom stereocenters. The number of hydrogen-bond acceptors (Lipinski definition) is 3. The lowest BCUT2D eigenvalue weighted by Gasteiger charge is -2.05. The van der Waals surface area contributed by atoms with Gasteiger partial charge in [0, 0.05) is 17.1 Å². The molecule has 2 rings (SSSR count). The fourth-order valence-electron chi connectivity index (χ4n) is 1.47. The first-order valence-corrected chi connectivity index (χ1v) is 6.83. The van der Waals surface area contributed by atoms with E-state index in [2.05, 4.69) is 39.4 Å². The Labute approximate surface area is 113 Å². The lowest BCUT2D eigenvalue weighted by Crippen LogP contribution is -1.97. The van der Waals surface area contributed by atoms with Crippen LogP contribution in [0.2, 0.25) is 0 Å². The van der Waals surface area contributed by atoms with E-state index in [-0.39, 0.29) is 0 Å². The van der Waals surface area contributed by atoms with Gasteiger partial charge in [-0.05, 0) is 45.8 Å². The third kappa shape index (κ3) is 3.58. The summed E-state index contributed by atoms with van der Waals surface area (Å²) in [4.78, 5) is 1.29. The van der Waals surface area contributed by atoms with Crippen LogP contribution in [0.3, 0.4) is 0 Å². The Kier molecular flexibility index (Phi) is 4.18. The quantitative estimate of drug-likeness (QED) is 0.919. The van der Waals surface area contributed by atoms with Crippen LogP contribution in [0.1, 0.15) is 10.4 Å². The van der Waals surface area contributed by atoms with E-state index in [1.165, 1.54) is 4.88 Å². The van der Waals surface area contributed by atoms with Gasteiger partial charge in [-0.1, -0.05) is 12.1 Å². The first-order valence-electron chi connectivity index (χ1n) is 5.22. The molecule has 0 aliphatic heterocycles. The second-order valence-electron chi connectivity index (χ2n) is 3.59. The summed E-state index contributed by atoms with van der Waals surface area (Å²) in [5, 5.41) is 11.9. The molecule has 1 N–H and O–H groups in total. The van der Waals surface area contributed by atoms with Gasteiger partial charge in [-0.3, -0.25) is 0 Å². The van der Waals surface area contributed by atoms with Crippen molar-refractivity contribution < 1.29 is 0 Å². The summed E-state index contributed by atoms with van der Waals surface area (Å²) < 4.78 is 1.15. The van der Waals surface area contributed by atoms with Crippen molar-refractivity contribution in [3.8, 4) is 6.07 Å². The topological polar surface area (TPSA) is 35.8 Å². The maximum atomic E-state index is 8.57. The molecule has 0 atom stereocenters. The van der Waals surface area contributed by atoms with Crippen LogP contribution in [0.25, 0.3) is 0 Å². The van der Waals surface area contributed by atoms with Crippen molar-refractivity contribution >= 4 is 33.0 Å². The highest BCUT2D eigenvalue weighted by molar-refractivity contribution is 9.11. The molecule has 0 fully saturated rings. The molecule has 0 amide bonds. The fourth-order valence-corrected chi connectivity index (χ4v) is 2.89. The number of anilines is 1. The summed E-state index contributed by atoms with van der Waals surface area (Å²) in [6, 6.07) is 14.3. The van der Waals surface area contributed by atoms with Crippen molar-refractivity contribution in [1.82, 2.24) is 0 Å². The number of nitrogens with one attached hydrogen (secondary N) is 1. The second-order valence-corrected chi connectivity index (χ2v) is 6.14. The molecule has 0 spiro atoms. The number of rotatable bonds is 4. The van der Waals surface area contributed by atoms with Crippen molar-refractivity contribution in [2.75, 3.05) is 5.32 Å². The van der Waals surface area contributed by atoms with Crippen LogP contribution in [0.5, 0.6) is 0 Å². The molecule has 1 aromatic heterocycles. The van der Waals surface area contributed by atoms with Gasteiger partial charge < -0.3 is 5.32 Å². The average molecular weight is 307 g/mol. The van der Waals surface area contributed by atoms with Crippen molar-refractivity contribution in [2.45, 2.75) is 13.0 Å². The molecule has 2 aromatic rings. The number of thiophene rings is 1. The predicted octanol–water partition coefficient (Wildman–Crippen LogP) is 4.19. The Morgan fingerprint density at radius 2 is 1.94 bits per heavy atom. The van der Waals surface area contributed by atoms with Gasteiger partial charge in [-0.2, -0.15) is 5.26 Å². The van der Waals surface area contributed by atoms with Gasteiger partial charge in [0.2, 0.25) is 0 Å². The molecule has 4 heteroatoms. The van der Waals surface area contributed by atoms with E-state index in [4.69, 9.17) is 5.26 Å². The van der Waals surface area contributed by atoms with Crippen molar-refractivity contribution in [3.63, 3.8) is 0 Å². The summed E-state index contributed by atoms with van der Waals surface area (Å²) in [5.74, 6) is 0. The Morgan fingerprint density at radius 3 is 2.53 bits per heavy atom. The molecule has 1 aromatic carbocycles. The summed E-state index contributed by atoms with van der Waals surface area (Å²) in [6.07, 6.45) is 0.470. The molecule has 86 valence electrons. The Balaban J connectivity index is 1.93. The first kappa shape index (κ1) is 12.2. The van der Waals surface area contributed by atoms with E-state index < -0.39 is 0 Å². The van der Waals surface area contributed by atoms with E-state index in [9.17, 15) is 0 Å². The van der Waals surface area contributed by atoms with Gasteiger partial charge in [-0.25, -0.2) is 0 Å². The third-order valence-corrected chi connectivity index (χ3v) is 3.96. The maximum Gasteiger partial charge on any atom is 0.0702 e. The van der Waals surface area contributed by atoms with Crippen LogP contribution in [0.4, 0.5) is 5.69 Å². The lowest BCUT2D eigenvalue weighted by atomic mass is 10.1. The Morgan fingerprint density at radius 1 is 1.18 bits per heavy atom. The van der Waals surface area contributed by atoms with Crippen LogP contribution in [0, 0.1) is 11.3 Å². The van der Waals surface area contributed by atoms with Crippen molar-refractivity contribution in [1.29, 1.82) is 5.26 Å². The van der Waals surface area contributed by atoms with Gasteiger partial charge in [0.05, 0.1) is 16.3 Å². The van der Waals surface area contributed by atoms with Gasteiger partial charge in [0.1, 0.15) is 0 Å². The summed E-state index contributed by atoms with van der Waals surface area (Å²) in [5.41, 5.74) is 2.13. The minimum absolute atomic E-state index is 0.470.